The first kappa shape index (κ1) is 22.5. The van der Waals surface area contributed by atoms with Crippen molar-refractivity contribution in [3.8, 4) is 6.07 Å². The zero-order valence-corrected chi connectivity index (χ0v) is 17.7. The second kappa shape index (κ2) is 11.3. The molecule has 0 unspecified atom stereocenters. The molecule has 0 saturated heterocycles. The Kier molecular flexibility index (Phi) is 8.72. The minimum absolute atomic E-state index is 0.109. The second-order valence-corrected chi connectivity index (χ2v) is 7.43. The Morgan fingerprint density at radius 3 is 2.79 bits per heavy atom. The van der Waals surface area contributed by atoms with Gasteiger partial charge in [0.25, 0.3) is 5.91 Å². The first-order valence-electron chi connectivity index (χ1n) is 10.4. The maximum Gasteiger partial charge on any atom is 0.349 e. The molecule has 156 valence electrons. The van der Waals surface area contributed by atoms with E-state index < -0.39 is 5.97 Å². The van der Waals surface area contributed by atoms with Gasteiger partial charge in [-0.25, -0.2) is 4.79 Å². The number of allylic oxidation sites excluding steroid dienone is 1. The van der Waals surface area contributed by atoms with Crippen LogP contribution in [0.5, 0.6) is 0 Å². The molecule has 0 aromatic carbocycles. The molecule has 0 spiro atoms. The van der Waals surface area contributed by atoms with Gasteiger partial charge in [0.15, 0.2) is 6.61 Å². The Bertz CT molecular complexity index is 840. The quantitative estimate of drug-likeness (QED) is 0.296. The summed E-state index contributed by atoms with van der Waals surface area (Å²) in [5.74, 6) is -1.13. The fourth-order valence-electron chi connectivity index (χ4n) is 3.59. The van der Waals surface area contributed by atoms with Crippen molar-refractivity contribution < 1.29 is 14.3 Å². The summed E-state index contributed by atoms with van der Waals surface area (Å²) in [6.07, 6.45) is 10.3. The second-order valence-electron chi connectivity index (χ2n) is 7.43. The zero-order chi connectivity index (χ0) is 21.2. The van der Waals surface area contributed by atoms with E-state index >= 15 is 0 Å². The third kappa shape index (κ3) is 6.63. The molecular weight excluding hydrogens is 366 g/mol. The van der Waals surface area contributed by atoms with Gasteiger partial charge in [-0.1, -0.05) is 18.6 Å². The molecule has 1 heterocycles. The largest absolute Gasteiger partial charge is 0.451 e. The van der Waals surface area contributed by atoms with Crippen molar-refractivity contribution in [1.82, 2.24) is 9.88 Å². The van der Waals surface area contributed by atoms with Crippen LogP contribution in [0.1, 0.15) is 62.4 Å². The fourth-order valence-corrected chi connectivity index (χ4v) is 3.59. The van der Waals surface area contributed by atoms with E-state index in [1.54, 1.807) is 0 Å². The highest BCUT2D eigenvalue weighted by atomic mass is 16.5. The van der Waals surface area contributed by atoms with Crippen molar-refractivity contribution in [3.63, 3.8) is 0 Å². The van der Waals surface area contributed by atoms with Crippen LogP contribution in [0.15, 0.2) is 23.3 Å². The van der Waals surface area contributed by atoms with Crippen molar-refractivity contribution in [3.05, 3.63) is 40.2 Å². The first-order valence-corrected chi connectivity index (χ1v) is 10.4. The average molecular weight is 398 g/mol. The summed E-state index contributed by atoms with van der Waals surface area (Å²) in [5.41, 5.74) is 4.16. The van der Waals surface area contributed by atoms with Crippen LogP contribution in [-0.2, 0) is 20.9 Å². The highest BCUT2D eigenvalue weighted by Crippen LogP contribution is 2.20. The minimum Gasteiger partial charge on any atom is -0.451 e. The number of aryl methyl sites for hydroxylation is 1. The minimum atomic E-state index is -0.780. The van der Waals surface area contributed by atoms with Gasteiger partial charge in [0, 0.05) is 24.5 Å². The van der Waals surface area contributed by atoms with Crippen molar-refractivity contribution in [1.29, 1.82) is 5.26 Å². The lowest BCUT2D eigenvalue weighted by atomic mass is 9.97. The maximum absolute atomic E-state index is 12.2. The van der Waals surface area contributed by atoms with Crippen molar-refractivity contribution >= 4 is 18.0 Å². The fraction of sp³-hybridized carbons (Fsp3) is 0.522. The van der Waals surface area contributed by atoms with Gasteiger partial charge in [0.05, 0.1) is 0 Å². The Balaban J connectivity index is 1.87. The van der Waals surface area contributed by atoms with Gasteiger partial charge in [-0.3, -0.25) is 4.79 Å². The van der Waals surface area contributed by atoms with Crippen LogP contribution in [0.4, 0.5) is 0 Å². The van der Waals surface area contributed by atoms with Gasteiger partial charge >= 0.3 is 5.97 Å². The molecule has 1 aromatic rings. The van der Waals surface area contributed by atoms with Crippen molar-refractivity contribution in [2.45, 2.75) is 65.8 Å². The lowest BCUT2D eigenvalue weighted by Crippen LogP contribution is -2.30. The number of carbonyl (C=O) groups is 2. The maximum atomic E-state index is 12.2. The third-order valence-electron chi connectivity index (χ3n) is 5.19. The van der Waals surface area contributed by atoms with Gasteiger partial charge in [-0.15, -0.1) is 0 Å². The van der Waals surface area contributed by atoms with Crippen LogP contribution < -0.4 is 5.32 Å². The summed E-state index contributed by atoms with van der Waals surface area (Å²) in [7, 11) is 0. The molecule has 1 aliphatic rings. The Morgan fingerprint density at radius 1 is 1.34 bits per heavy atom. The van der Waals surface area contributed by atoms with E-state index in [0.717, 1.165) is 49.2 Å². The smallest absolute Gasteiger partial charge is 0.349 e. The van der Waals surface area contributed by atoms with E-state index in [1.165, 1.54) is 24.5 Å². The van der Waals surface area contributed by atoms with E-state index in [4.69, 9.17) is 4.74 Å². The van der Waals surface area contributed by atoms with E-state index in [9.17, 15) is 14.9 Å². The number of nitrogens with zero attached hydrogens (tertiary/aromatic N) is 2. The number of nitriles is 1. The van der Waals surface area contributed by atoms with Gasteiger partial charge in [0.1, 0.15) is 11.6 Å². The number of rotatable bonds is 9. The molecule has 6 heteroatoms. The summed E-state index contributed by atoms with van der Waals surface area (Å²) in [6, 6.07) is 3.83. The molecule has 0 atom stereocenters. The van der Waals surface area contributed by atoms with Gasteiger partial charge in [-0.05, 0) is 70.1 Å². The zero-order valence-electron chi connectivity index (χ0n) is 17.7. The van der Waals surface area contributed by atoms with Crippen LogP contribution in [0.2, 0.25) is 0 Å². The van der Waals surface area contributed by atoms with Gasteiger partial charge in [-0.2, -0.15) is 5.26 Å². The van der Waals surface area contributed by atoms with Crippen LogP contribution in [0, 0.1) is 25.2 Å². The van der Waals surface area contributed by atoms with Crippen LogP contribution in [0.3, 0.4) is 0 Å². The molecule has 29 heavy (non-hydrogen) atoms. The number of aromatic nitrogens is 1. The molecule has 1 aliphatic carbocycles. The first-order chi connectivity index (χ1) is 14.0. The highest BCUT2D eigenvalue weighted by molar-refractivity contribution is 5.99. The number of carbonyl (C=O) groups excluding carboxylic acids is 2. The summed E-state index contributed by atoms with van der Waals surface area (Å²) in [5, 5.41) is 12.1. The van der Waals surface area contributed by atoms with Gasteiger partial charge < -0.3 is 14.6 Å². The molecule has 1 amide bonds. The number of nitrogens with one attached hydrogen (secondary N) is 1. The highest BCUT2D eigenvalue weighted by Gasteiger charge is 2.15. The standard InChI is InChI=1S/C23H31N3O3/c1-4-12-26-17(2)13-20(18(26)3)14-21(15-24)23(28)29-16-22(27)25-11-10-19-8-6-5-7-9-19/h8,13-14H,4-7,9-12,16H2,1-3H3,(H,25,27)/b21-14+. The SMILES string of the molecule is CCCn1c(C)cc(/C=C(\C#N)C(=O)OCC(=O)NCCC2=CCCCC2)c1C. The molecule has 1 aromatic heterocycles. The molecule has 0 aliphatic heterocycles. The molecule has 0 saturated carbocycles. The normalized spacial score (nSPS) is 14.1. The summed E-state index contributed by atoms with van der Waals surface area (Å²) < 4.78 is 7.19. The van der Waals surface area contributed by atoms with Gasteiger partial charge in [0.2, 0.25) is 0 Å². The Labute approximate surface area is 173 Å². The van der Waals surface area contributed by atoms with Crippen molar-refractivity contribution in [2.75, 3.05) is 13.2 Å². The van der Waals surface area contributed by atoms with Crippen LogP contribution in [-0.4, -0.2) is 29.6 Å². The molecule has 6 nitrogen and oxygen atoms in total. The van der Waals surface area contributed by atoms with Crippen molar-refractivity contribution in [2.24, 2.45) is 0 Å². The Hall–Kier alpha value is -2.81. The number of esters is 1. The predicted molar refractivity (Wildman–Crippen MR) is 113 cm³/mol. The topological polar surface area (TPSA) is 84.1 Å². The lowest BCUT2D eigenvalue weighted by Gasteiger charge is -2.13. The van der Waals surface area contributed by atoms with Crippen LogP contribution in [0.25, 0.3) is 6.08 Å². The number of amides is 1. The third-order valence-corrected chi connectivity index (χ3v) is 5.19. The average Bonchev–Trinajstić information content (AvgIpc) is 2.98. The van der Waals surface area contributed by atoms with E-state index in [-0.39, 0.29) is 18.1 Å². The molecule has 0 radical (unpaired) electrons. The van der Waals surface area contributed by atoms with E-state index in [1.807, 2.05) is 26.0 Å². The molecule has 2 rings (SSSR count). The predicted octanol–water partition coefficient (Wildman–Crippen LogP) is 3.97. The monoisotopic (exact) mass is 397 g/mol. The summed E-state index contributed by atoms with van der Waals surface area (Å²) in [6.45, 7) is 7.10. The van der Waals surface area contributed by atoms with Crippen LogP contribution >= 0.6 is 0 Å². The lowest BCUT2D eigenvalue weighted by molar-refractivity contribution is -0.144. The summed E-state index contributed by atoms with van der Waals surface area (Å²) >= 11 is 0. The summed E-state index contributed by atoms with van der Waals surface area (Å²) in [4.78, 5) is 24.1. The van der Waals surface area contributed by atoms with E-state index in [2.05, 4.69) is 22.9 Å². The number of hydrogen-bond donors (Lipinski definition) is 1. The molecule has 1 N–H and O–H groups in total. The molecular formula is C23H31N3O3. The van der Waals surface area contributed by atoms with E-state index in [0.29, 0.717) is 6.54 Å². The number of ether oxygens (including phenoxy) is 1. The Morgan fingerprint density at radius 2 is 2.14 bits per heavy atom. The molecule has 0 fully saturated rings. The molecule has 0 bridgehead atoms. The number of hydrogen-bond acceptors (Lipinski definition) is 4.